The summed E-state index contributed by atoms with van der Waals surface area (Å²) in [6.45, 7) is 12.1. The zero-order valence-electron chi connectivity index (χ0n) is 72.0. The van der Waals surface area contributed by atoms with Crippen molar-refractivity contribution in [2.24, 2.45) is 17.8 Å². The third-order valence-electron chi connectivity index (χ3n) is 21.1. The standard InChI is InChI=1S/C90H176O17P2/c1-8-9-10-11-12-50-57-64-71-87(92)100-77-85(106-89(94)73-67-60-53-46-40-34-28-22-21-25-31-37-43-49-56-63-70-83(6)7)79-104-108(96,97)102-75-84(91)76-103-109(98,99)105-80-86(107-90(95)74-66-59-52-45-39-33-27-20-16-14-18-24-30-36-42-48-55-62-69-82(4)5)78-101-88(93)72-65-58-51-44-38-32-26-19-15-13-17-23-29-35-41-47-54-61-68-81(2)3/h81-86,91H,8-80H2,1-7H3,(H,96,97)(H,98,99)/t84-,85+,86+/m0/s1. The molecule has 0 radical (unpaired) electrons. The van der Waals surface area contributed by atoms with Crippen LogP contribution in [0.15, 0.2) is 0 Å². The Kier molecular flexibility index (Phi) is 78.5. The van der Waals surface area contributed by atoms with E-state index in [2.05, 4.69) is 48.5 Å². The van der Waals surface area contributed by atoms with E-state index >= 15 is 0 Å². The normalized spacial score (nSPS) is 13.8. The molecule has 0 fully saturated rings. The fraction of sp³-hybridized carbons (Fsp3) is 0.956. The van der Waals surface area contributed by atoms with Crippen molar-refractivity contribution in [3.63, 3.8) is 0 Å². The van der Waals surface area contributed by atoms with Crippen molar-refractivity contribution in [1.82, 2.24) is 0 Å². The first-order valence-electron chi connectivity index (χ1n) is 46.3. The number of carbonyl (C=O) groups excluding carboxylic acids is 4. The number of phosphoric acid groups is 2. The van der Waals surface area contributed by atoms with Gasteiger partial charge in [-0.25, -0.2) is 9.13 Å². The lowest BCUT2D eigenvalue weighted by Crippen LogP contribution is -2.30. The van der Waals surface area contributed by atoms with E-state index in [1.54, 1.807) is 0 Å². The van der Waals surface area contributed by atoms with Crippen LogP contribution in [0, 0.1) is 17.8 Å². The van der Waals surface area contributed by atoms with E-state index in [0.29, 0.717) is 25.7 Å². The average Bonchev–Trinajstić information content (AvgIpc) is 0.908. The molecule has 0 saturated carbocycles. The molecule has 0 rings (SSSR count). The Labute approximate surface area is 670 Å². The van der Waals surface area contributed by atoms with Crippen molar-refractivity contribution >= 4 is 39.5 Å². The molecule has 0 aliphatic carbocycles. The quantitative estimate of drug-likeness (QED) is 0.0222. The Morgan fingerprint density at radius 2 is 0.422 bits per heavy atom. The summed E-state index contributed by atoms with van der Waals surface area (Å²) in [5.41, 5.74) is 0. The molecule has 109 heavy (non-hydrogen) atoms. The van der Waals surface area contributed by atoms with Crippen LogP contribution < -0.4 is 0 Å². The smallest absolute Gasteiger partial charge is 0.462 e. The highest BCUT2D eigenvalue weighted by Gasteiger charge is 2.31. The van der Waals surface area contributed by atoms with Gasteiger partial charge in [0.25, 0.3) is 0 Å². The molecule has 0 aromatic carbocycles. The summed E-state index contributed by atoms with van der Waals surface area (Å²) < 4.78 is 68.9. The molecule has 0 aliphatic heterocycles. The Bertz CT molecular complexity index is 2100. The van der Waals surface area contributed by atoms with Crippen LogP contribution in [0.2, 0.25) is 0 Å². The predicted octanol–water partition coefficient (Wildman–Crippen LogP) is 27.6. The second-order valence-corrected chi connectivity index (χ2v) is 36.7. The fourth-order valence-electron chi connectivity index (χ4n) is 14.1. The molecule has 2 unspecified atom stereocenters. The molecule has 19 heteroatoms. The van der Waals surface area contributed by atoms with Gasteiger partial charge < -0.3 is 33.8 Å². The Hall–Kier alpha value is -1.94. The van der Waals surface area contributed by atoms with Gasteiger partial charge in [0.1, 0.15) is 19.3 Å². The zero-order valence-corrected chi connectivity index (χ0v) is 73.8. The number of hydrogen-bond donors (Lipinski definition) is 3. The zero-order chi connectivity index (χ0) is 80.0. The van der Waals surface area contributed by atoms with Crippen LogP contribution in [0.5, 0.6) is 0 Å². The van der Waals surface area contributed by atoms with E-state index in [-0.39, 0.29) is 25.7 Å². The molecule has 0 aliphatic rings. The van der Waals surface area contributed by atoms with Gasteiger partial charge in [-0.05, 0) is 43.4 Å². The maximum absolute atomic E-state index is 13.2. The average molecular weight is 1590 g/mol. The van der Waals surface area contributed by atoms with Crippen LogP contribution in [0.1, 0.15) is 479 Å². The van der Waals surface area contributed by atoms with Crippen molar-refractivity contribution in [3.8, 4) is 0 Å². The minimum Gasteiger partial charge on any atom is -0.462 e. The number of ether oxygens (including phenoxy) is 4. The van der Waals surface area contributed by atoms with Crippen LogP contribution >= 0.6 is 15.6 Å². The molecule has 0 aromatic rings. The summed E-state index contributed by atoms with van der Waals surface area (Å²) in [6, 6.07) is 0. The second-order valence-electron chi connectivity index (χ2n) is 33.8. The van der Waals surface area contributed by atoms with Crippen molar-refractivity contribution in [2.75, 3.05) is 39.6 Å². The summed E-state index contributed by atoms with van der Waals surface area (Å²) in [4.78, 5) is 73.2. The Morgan fingerprint density at radius 1 is 0.248 bits per heavy atom. The molecular formula is C90H176O17P2. The highest BCUT2D eigenvalue weighted by atomic mass is 31.2. The van der Waals surface area contributed by atoms with Gasteiger partial charge in [0.2, 0.25) is 0 Å². The van der Waals surface area contributed by atoms with Gasteiger partial charge >= 0.3 is 39.5 Å². The second kappa shape index (κ2) is 79.9. The molecule has 648 valence electrons. The summed E-state index contributed by atoms with van der Waals surface area (Å²) in [7, 11) is -9.93. The third-order valence-corrected chi connectivity index (χ3v) is 23.0. The van der Waals surface area contributed by atoms with Gasteiger partial charge in [0.15, 0.2) is 12.2 Å². The minimum absolute atomic E-state index is 0.108. The number of phosphoric ester groups is 2. The molecule has 17 nitrogen and oxygen atoms in total. The molecule has 0 saturated heterocycles. The summed E-state index contributed by atoms with van der Waals surface area (Å²) >= 11 is 0. The molecule has 0 heterocycles. The van der Waals surface area contributed by atoms with Gasteiger partial charge in [0.05, 0.1) is 26.4 Å². The number of esters is 4. The van der Waals surface area contributed by atoms with Gasteiger partial charge in [0, 0.05) is 25.7 Å². The first-order chi connectivity index (χ1) is 52.7. The molecule has 5 atom stereocenters. The SMILES string of the molecule is CCCCCCCCCCC(=O)OC[C@H](COP(=O)(O)OC[C@H](O)COP(=O)(O)OC[C@@H](COC(=O)CCCCCCCCCCCCCCCCCCCCC(C)C)OC(=O)CCCCCCCCCCCCCCCCCCCCC(C)C)OC(=O)CCCCCCCCCCCCCCCCCCC(C)C. The first kappa shape index (κ1) is 107. The van der Waals surface area contributed by atoms with Crippen LogP contribution in [-0.4, -0.2) is 96.7 Å². The van der Waals surface area contributed by atoms with Gasteiger partial charge in [-0.2, -0.15) is 0 Å². The summed E-state index contributed by atoms with van der Waals surface area (Å²) in [5, 5.41) is 10.7. The summed E-state index contributed by atoms with van der Waals surface area (Å²) in [6.07, 6.45) is 72.4. The third kappa shape index (κ3) is 83.8. The van der Waals surface area contributed by atoms with E-state index in [0.717, 1.165) is 114 Å². The minimum atomic E-state index is -4.97. The van der Waals surface area contributed by atoms with Crippen molar-refractivity contribution in [1.29, 1.82) is 0 Å². The highest BCUT2D eigenvalue weighted by Crippen LogP contribution is 2.45. The van der Waals surface area contributed by atoms with Crippen molar-refractivity contribution in [3.05, 3.63) is 0 Å². The van der Waals surface area contributed by atoms with Crippen molar-refractivity contribution < 1.29 is 80.2 Å². The van der Waals surface area contributed by atoms with E-state index in [9.17, 15) is 43.2 Å². The maximum atomic E-state index is 13.2. The maximum Gasteiger partial charge on any atom is 0.472 e. The predicted molar refractivity (Wildman–Crippen MR) is 451 cm³/mol. The lowest BCUT2D eigenvalue weighted by atomic mass is 10.0. The number of aliphatic hydroxyl groups excluding tert-OH is 1. The number of hydrogen-bond acceptors (Lipinski definition) is 15. The van der Waals surface area contributed by atoms with E-state index in [1.807, 2.05) is 0 Å². The van der Waals surface area contributed by atoms with Gasteiger partial charge in [-0.1, -0.05) is 427 Å². The van der Waals surface area contributed by atoms with E-state index in [4.69, 9.17) is 37.0 Å². The van der Waals surface area contributed by atoms with Gasteiger partial charge in [-0.3, -0.25) is 37.3 Å². The lowest BCUT2D eigenvalue weighted by molar-refractivity contribution is -0.161. The molecule has 0 spiro atoms. The molecule has 0 aromatic heterocycles. The first-order valence-corrected chi connectivity index (χ1v) is 49.3. The largest absolute Gasteiger partial charge is 0.472 e. The fourth-order valence-corrected chi connectivity index (χ4v) is 15.7. The van der Waals surface area contributed by atoms with E-state index in [1.165, 1.54) is 283 Å². The monoisotopic (exact) mass is 1590 g/mol. The number of rotatable bonds is 88. The van der Waals surface area contributed by atoms with Gasteiger partial charge in [-0.15, -0.1) is 0 Å². The molecule has 0 amide bonds. The van der Waals surface area contributed by atoms with E-state index < -0.39 is 97.5 Å². The summed E-state index contributed by atoms with van der Waals surface area (Å²) in [5.74, 6) is 0.351. The Morgan fingerprint density at radius 3 is 0.624 bits per heavy atom. The van der Waals surface area contributed by atoms with Crippen molar-refractivity contribution in [2.45, 2.75) is 497 Å². The highest BCUT2D eigenvalue weighted by molar-refractivity contribution is 7.47. The lowest BCUT2D eigenvalue weighted by Gasteiger charge is -2.21. The van der Waals surface area contributed by atoms with Crippen LogP contribution in [0.4, 0.5) is 0 Å². The van der Waals surface area contributed by atoms with Crippen LogP contribution in [-0.2, 0) is 65.4 Å². The number of carbonyl (C=O) groups is 4. The molecular weight excluding hydrogens is 1410 g/mol. The topological polar surface area (TPSA) is 237 Å². The number of unbranched alkanes of at least 4 members (excludes halogenated alkanes) is 56. The molecule has 0 bridgehead atoms. The van der Waals surface area contributed by atoms with Crippen LogP contribution in [0.25, 0.3) is 0 Å². The Balaban J connectivity index is 5.17. The molecule has 3 N–H and O–H groups in total. The number of aliphatic hydroxyl groups is 1. The van der Waals surface area contributed by atoms with Crippen LogP contribution in [0.3, 0.4) is 0 Å².